The van der Waals surface area contributed by atoms with Crippen molar-refractivity contribution in [1.29, 1.82) is 5.26 Å². The number of hydrogen-bond acceptors (Lipinski definition) is 4. The molecule has 1 heterocycles. The van der Waals surface area contributed by atoms with E-state index in [1.165, 1.54) is 6.26 Å². The number of anilines is 1. The Kier molecular flexibility index (Phi) is 4.51. The van der Waals surface area contributed by atoms with Crippen molar-refractivity contribution in [3.8, 4) is 6.07 Å². The molecule has 0 atom stereocenters. The van der Waals surface area contributed by atoms with Crippen molar-refractivity contribution in [3.05, 3.63) is 17.4 Å². The summed E-state index contributed by atoms with van der Waals surface area (Å²) in [5.41, 5.74) is 0.932. The number of carbonyl (C=O) groups is 1. The third-order valence-electron chi connectivity index (χ3n) is 2.40. The molecule has 0 saturated heterocycles. The van der Waals surface area contributed by atoms with E-state index in [0.29, 0.717) is 12.2 Å². The molecule has 0 aliphatic heterocycles. The van der Waals surface area contributed by atoms with Crippen LogP contribution in [0, 0.1) is 11.3 Å². The van der Waals surface area contributed by atoms with E-state index in [1.54, 1.807) is 6.92 Å². The van der Waals surface area contributed by atoms with Crippen LogP contribution in [0.2, 0.25) is 0 Å². The van der Waals surface area contributed by atoms with Crippen LogP contribution in [0.25, 0.3) is 0 Å². The minimum Gasteiger partial charge on any atom is -0.447 e. The van der Waals surface area contributed by atoms with Crippen molar-refractivity contribution in [2.45, 2.75) is 33.1 Å². The molecule has 1 rings (SSSR count). The van der Waals surface area contributed by atoms with Crippen LogP contribution in [-0.2, 0) is 14.9 Å². The maximum absolute atomic E-state index is 11.5. The molecule has 18 heavy (non-hydrogen) atoms. The third-order valence-corrected chi connectivity index (χ3v) is 2.40. The van der Waals surface area contributed by atoms with Crippen LogP contribution in [-0.4, -0.2) is 19.1 Å². The molecule has 5 nitrogen and oxygen atoms in total. The van der Waals surface area contributed by atoms with Crippen LogP contribution in [0.1, 0.15) is 38.8 Å². The van der Waals surface area contributed by atoms with E-state index in [2.05, 4.69) is 11.4 Å². The van der Waals surface area contributed by atoms with Gasteiger partial charge in [-0.05, 0) is 12.3 Å². The highest BCUT2D eigenvalue weighted by atomic mass is 16.5. The van der Waals surface area contributed by atoms with Gasteiger partial charge in [-0.2, -0.15) is 5.26 Å². The number of nitrogens with one attached hydrogen (secondary N) is 1. The molecule has 0 aliphatic carbocycles. The zero-order valence-corrected chi connectivity index (χ0v) is 11.2. The maximum atomic E-state index is 11.5. The van der Waals surface area contributed by atoms with E-state index < -0.39 is 0 Å². The second-order valence-electron chi connectivity index (χ2n) is 4.90. The molecular formula is C13H18N2O3. The Labute approximate surface area is 107 Å². The van der Waals surface area contributed by atoms with E-state index in [1.807, 2.05) is 20.8 Å². The van der Waals surface area contributed by atoms with Gasteiger partial charge in [0.25, 0.3) is 5.91 Å². The average Bonchev–Trinajstić information content (AvgIpc) is 2.68. The Morgan fingerprint density at radius 1 is 1.56 bits per heavy atom. The Morgan fingerprint density at radius 3 is 2.72 bits per heavy atom. The van der Waals surface area contributed by atoms with Gasteiger partial charge in [0.1, 0.15) is 18.2 Å². The molecule has 0 saturated carbocycles. The Balaban J connectivity index is 2.89. The van der Waals surface area contributed by atoms with Gasteiger partial charge in [-0.3, -0.25) is 10.1 Å². The maximum Gasteiger partial charge on any atom is 0.252 e. The molecule has 0 aromatic carbocycles. The number of amides is 1. The zero-order valence-electron chi connectivity index (χ0n) is 11.2. The molecule has 0 bridgehead atoms. The van der Waals surface area contributed by atoms with Crippen LogP contribution in [0.5, 0.6) is 0 Å². The summed E-state index contributed by atoms with van der Waals surface area (Å²) in [5.74, 6) is -0.143. The number of carbonyl (C=O) groups excluding carboxylic acids is 1. The van der Waals surface area contributed by atoms with Gasteiger partial charge in [-0.25, -0.2) is 0 Å². The number of rotatable bonds is 4. The first-order chi connectivity index (χ1) is 8.40. The summed E-state index contributed by atoms with van der Waals surface area (Å²) in [6, 6.07) is 2.06. The largest absolute Gasteiger partial charge is 0.447 e. The quantitative estimate of drug-likeness (QED) is 0.890. The molecule has 0 aliphatic rings. The molecule has 0 fully saturated rings. The summed E-state index contributed by atoms with van der Waals surface area (Å²) in [7, 11) is 0. The first-order valence-corrected chi connectivity index (χ1v) is 5.79. The van der Waals surface area contributed by atoms with E-state index in [4.69, 9.17) is 14.4 Å². The summed E-state index contributed by atoms with van der Waals surface area (Å²) in [4.78, 5) is 11.5. The number of nitrogens with zero attached hydrogens (tertiary/aromatic N) is 1. The van der Waals surface area contributed by atoms with Crippen LogP contribution in [0.3, 0.4) is 0 Å². The molecule has 1 amide bonds. The third kappa shape index (κ3) is 3.34. The van der Waals surface area contributed by atoms with E-state index >= 15 is 0 Å². The Morgan fingerprint density at radius 2 is 2.22 bits per heavy atom. The lowest BCUT2D eigenvalue weighted by atomic mass is 9.86. The number of ether oxygens (including phenoxy) is 1. The van der Waals surface area contributed by atoms with Gasteiger partial charge in [-0.1, -0.05) is 20.8 Å². The first-order valence-electron chi connectivity index (χ1n) is 5.79. The van der Waals surface area contributed by atoms with Crippen LogP contribution in [0.4, 0.5) is 5.88 Å². The standard InChI is InChI=1S/C13H18N2O3/c1-5-17-8-11(16)15-12-9(6-14)10(7-18-12)13(2,3)4/h7H,5,8H2,1-4H3,(H,15,16). The lowest BCUT2D eigenvalue weighted by Gasteiger charge is -2.16. The van der Waals surface area contributed by atoms with Crippen LogP contribution >= 0.6 is 0 Å². The van der Waals surface area contributed by atoms with Gasteiger partial charge in [-0.15, -0.1) is 0 Å². The molecular weight excluding hydrogens is 232 g/mol. The topological polar surface area (TPSA) is 75.3 Å². The van der Waals surface area contributed by atoms with E-state index in [9.17, 15) is 4.79 Å². The average molecular weight is 250 g/mol. The SMILES string of the molecule is CCOCC(=O)Nc1occ(C(C)(C)C)c1C#N. The van der Waals surface area contributed by atoms with Crippen LogP contribution in [0.15, 0.2) is 10.7 Å². The summed E-state index contributed by atoms with van der Waals surface area (Å²) < 4.78 is 10.2. The van der Waals surface area contributed by atoms with Crippen molar-refractivity contribution in [3.63, 3.8) is 0 Å². The second kappa shape index (κ2) is 5.69. The normalized spacial score (nSPS) is 11.1. The monoisotopic (exact) mass is 250 g/mol. The predicted molar refractivity (Wildman–Crippen MR) is 67.2 cm³/mol. The molecule has 0 spiro atoms. The molecule has 98 valence electrons. The van der Waals surface area contributed by atoms with Crippen LogP contribution < -0.4 is 5.32 Å². The van der Waals surface area contributed by atoms with E-state index in [0.717, 1.165) is 5.56 Å². The van der Waals surface area contributed by atoms with Gasteiger partial charge in [0, 0.05) is 12.2 Å². The molecule has 1 N–H and O–H groups in total. The van der Waals surface area contributed by atoms with Crippen molar-refractivity contribution >= 4 is 11.8 Å². The zero-order chi connectivity index (χ0) is 13.8. The number of hydrogen-bond donors (Lipinski definition) is 1. The molecule has 1 aromatic heterocycles. The fourth-order valence-corrected chi connectivity index (χ4v) is 1.47. The summed E-state index contributed by atoms with van der Waals surface area (Å²) >= 11 is 0. The van der Waals surface area contributed by atoms with Crippen molar-refractivity contribution in [2.24, 2.45) is 0 Å². The second-order valence-corrected chi connectivity index (χ2v) is 4.90. The van der Waals surface area contributed by atoms with E-state index in [-0.39, 0.29) is 23.8 Å². The van der Waals surface area contributed by atoms with Crippen molar-refractivity contribution in [1.82, 2.24) is 0 Å². The summed E-state index contributed by atoms with van der Waals surface area (Å²) in [6.45, 7) is 8.15. The summed E-state index contributed by atoms with van der Waals surface area (Å²) in [5, 5.41) is 11.7. The Hall–Kier alpha value is -1.80. The van der Waals surface area contributed by atoms with Gasteiger partial charge >= 0.3 is 0 Å². The van der Waals surface area contributed by atoms with Crippen molar-refractivity contribution in [2.75, 3.05) is 18.5 Å². The lowest BCUT2D eigenvalue weighted by molar-refractivity contribution is -0.120. The van der Waals surface area contributed by atoms with Gasteiger partial charge in [0.05, 0.1) is 6.26 Å². The fraction of sp³-hybridized carbons (Fsp3) is 0.538. The number of furan rings is 1. The van der Waals surface area contributed by atoms with Gasteiger partial charge in [0.15, 0.2) is 0 Å². The minimum atomic E-state index is -0.330. The first kappa shape index (κ1) is 14.3. The molecule has 5 heteroatoms. The highest BCUT2D eigenvalue weighted by Crippen LogP contribution is 2.31. The highest BCUT2D eigenvalue weighted by Gasteiger charge is 2.24. The molecule has 0 unspecified atom stereocenters. The minimum absolute atomic E-state index is 0.0487. The molecule has 1 aromatic rings. The fourth-order valence-electron chi connectivity index (χ4n) is 1.47. The van der Waals surface area contributed by atoms with Gasteiger partial charge < -0.3 is 9.15 Å². The predicted octanol–water partition coefficient (Wildman–Crippen LogP) is 2.42. The lowest BCUT2D eigenvalue weighted by Crippen LogP contribution is -2.19. The number of nitriles is 1. The highest BCUT2D eigenvalue weighted by molar-refractivity contribution is 5.91. The summed E-state index contributed by atoms with van der Waals surface area (Å²) in [6.07, 6.45) is 1.51. The molecule has 0 radical (unpaired) electrons. The van der Waals surface area contributed by atoms with Gasteiger partial charge in [0.2, 0.25) is 5.88 Å². The Bertz CT molecular complexity index is 464. The smallest absolute Gasteiger partial charge is 0.252 e. The van der Waals surface area contributed by atoms with Crippen molar-refractivity contribution < 1.29 is 13.9 Å².